The number of halogens is 1. The van der Waals surface area contributed by atoms with Gasteiger partial charge in [0.15, 0.2) is 0 Å². The van der Waals surface area contributed by atoms with E-state index < -0.39 is 0 Å². The van der Waals surface area contributed by atoms with Gasteiger partial charge in [0.05, 0.1) is 0 Å². The predicted octanol–water partition coefficient (Wildman–Crippen LogP) is 4.49. The summed E-state index contributed by atoms with van der Waals surface area (Å²) < 4.78 is 1.10. The van der Waals surface area contributed by atoms with Crippen LogP contribution in [0.25, 0.3) is 0 Å². The molecule has 2 atom stereocenters. The fraction of sp³-hybridized carbons (Fsp3) is 0.294. The summed E-state index contributed by atoms with van der Waals surface area (Å²) in [5.74, 6) is 0.432. The van der Waals surface area contributed by atoms with Gasteiger partial charge < -0.3 is 10.4 Å². The summed E-state index contributed by atoms with van der Waals surface area (Å²) in [6.07, 6.45) is 2.00. The van der Waals surface area contributed by atoms with Gasteiger partial charge in [0.25, 0.3) is 0 Å². The minimum absolute atomic E-state index is 0.283. The number of aromatic hydroxyl groups is 1. The van der Waals surface area contributed by atoms with Crippen molar-refractivity contribution in [3.8, 4) is 5.75 Å². The summed E-state index contributed by atoms with van der Waals surface area (Å²) in [6.45, 7) is 2.18. The van der Waals surface area contributed by atoms with E-state index in [4.69, 9.17) is 0 Å². The molecule has 0 heterocycles. The van der Waals surface area contributed by atoms with Crippen LogP contribution < -0.4 is 5.32 Å². The van der Waals surface area contributed by atoms with Crippen LogP contribution in [0.3, 0.4) is 0 Å². The average Bonchev–Trinajstić information content (AvgIpc) is 2.83. The van der Waals surface area contributed by atoms with Gasteiger partial charge in [-0.15, -0.1) is 0 Å². The highest BCUT2D eigenvalue weighted by Gasteiger charge is 2.25. The Hall–Kier alpha value is -1.32. The standard InChI is InChI=1S/C17H18BrNO/c1-11(12-4-2-5-13(18)10-12)19-16-9-8-15-14(16)6-3-7-17(15)20/h2-7,10-11,16,19-20H,8-9H2,1H3/t11-,16?/m0/s1. The molecule has 0 spiro atoms. The number of phenols is 1. The van der Waals surface area contributed by atoms with Crippen LogP contribution in [0.4, 0.5) is 0 Å². The molecular formula is C17H18BrNO. The highest BCUT2D eigenvalue weighted by Crippen LogP contribution is 2.37. The maximum absolute atomic E-state index is 9.90. The molecule has 3 heteroatoms. The molecule has 1 aliphatic carbocycles. The Balaban J connectivity index is 1.79. The maximum Gasteiger partial charge on any atom is 0.119 e. The first-order valence-corrected chi connectivity index (χ1v) is 7.76. The van der Waals surface area contributed by atoms with Crippen LogP contribution in [0, 0.1) is 0 Å². The summed E-state index contributed by atoms with van der Waals surface area (Å²) in [6, 6.07) is 14.8. The zero-order valence-electron chi connectivity index (χ0n) is 11.4. The van der Waals surface area contributed by atoms with Crippen LogP contribution >= 0.6 is 15.9 Å². The van der Waals surface area contributed by atoms with Crippen molar-refractivity contribution < 1.29 is 5.11 Å². The van der Waals surface area contributed by atoms with Crippen LogP contribution in [0.5, 0.6) is 5.75 Å². The van der Waals surface area contributed by atoms with Gasteiger partial charge >= 0.3 is 0 Å². The molecule has 0 bridgehead atoms. The van der Waals surface area contributed by atoms with Gasteiger partial charge in [-0.1, -0.05) is 40.2 Å². The molecule has 2 N–H and O–H groups in total. The minimum atomic E-state index is 0.283. The lowest BCUT2D eigenvalue weighted by Crippen LogP contribution is -2.22. The normalized spacial score (nSPS) is 18.8. The van der Waals surface area contributed by atoms with E-state index >= 15 is 0 Å². The second-order valence-corrected chi connectivity index (χ2v) is 6.30. The number of rotatable bonds is 3. The molecule has 2 aromatic rings. The Bertz CT molecular complexity index is 626. The van der Waals surface area contributed by atoms with E-state index in [9.17, 15) is 5.11 Å². The smallest absolute Gasteiger partial charge is 0.119 e. The third-order valence-corrected chi connectivity index (χ3v) is 4.54. The summed E-state index contributed by atoms with van der Waals surface area (Å²) in [7, 11) is 0. The minimum Gasteiger partial charge on any atom is -0.508 e. The number of nitrogens with one attached hydrogen (secondary N) is 1. The lowest BCUT2D eigenvalue weighted by molar-refractivity contribution is 0.465. The van der Waals surface area contributed by atoms with Crippen molar-refractivity contribution in [1.82, 2.24) is 5.32 Å². The number of hydrogen-bond donors (Lipinski definition) is 2. The molecule has 104 valence electrons. The monoisotopic (exact) mass is 331 g/mol. The third kappa shape index (κ3) is 2.60. The van der Waals surface area contributed by atoms with E-state index in [0.29, 0.717) is 11.8 Å². The first-order valence-electron chi connectivity index (χ1n) is 6.97. The van der Waals surface area contributed by atoms with Crippen molar-refractivity contribution in [2.75, 3.05) is 0 Å². The molecule has 0 fully saturated rings. The van der Waals surface area contributed by atoms with E-state index in [1.165, 1.54) is 11.1 Å². The van der Waals surface area contributed by atoms with Gasteiger partial charge in [0.2, 0.25) is 0 Å². The van der Waals surface area contributed by atoms with E-state index in [2.05, 4.69) is 52.4 Å². The molecule has 0 saturated carbocycles. The summed E-state index contributed by atoms with van der Waals surface area (Å²) in [4.78, 5) is 0. The number of phenolic OH excluding ortho intramolecular Hbond substituents is 1. The molecule has 2 aromatic carbocycles. The first kappa shape index (κ1) is 13.7. The van der Waals surface area contributed by atoms with Crippen LogP contribution in [0.15, 0.2) is 46.9 Å². The van der Waals surface area contributed by atoms with Gasteiger partial charge in [0.1, 0.15) is 5.75 Å². The third-order valence-electron chi connectivity index (χ3n) is 4.05. The lowest BCUT2D eigenvalue weighted by atomic mass is 10.0. The molecule has 0 aliphatic heterocycles. The number of fused-ring (bicyclic) bond motifs is 1. The predicted molar refractivity (Wildman–Crippen MR) is 84.9 cm³/mol. The van der Waals surface area contributed by atoms with Crippen LogP contribution in [-0.2, 0) is 6.42 Å². The van der Waals surface area contributed by atoms with Crippen molar-refractivity contribution in [3.05, 3.63) is 63.6 Å². The fourth-order valence-corrected chi connectivity index (χ4v) is 3.40. The van der Waals surface area contributed by atoms with Crippen molar-refractivity contribution in [2.24, 2.45) is 0 Å². The highest BCUT2D eigenvalue weighted by atomic mass is 79.9. The van der Waals surface area contributed by atoms with E-state index in [1.54, 1.807) is 6.07 Å². The van der Waals surface area contributed by atoms with E-state index in [-0.39, 0.29) is 6.04 Å². The number of benzene rings is 2. The number of hydrogen-bond acceptors (Lipinski definition) is 2. The molecule has 0 saturated heterocycles. The average molecular weight is 332 g/mol. The Morgan fingerprint density at radius 2 is 2.05 bits per heavy atom. The Morgan fingerprint density at radius 1 is 1.25 bits per heavy atom. The molecule has 2 nitrogen and oxygen atoms in total. The quantitative estimate of drug-likeness (QED) is 0.868. The zero-order valence-corrected chi connectivity index (χ0v) is 13.0. The summed E-state index contributed by atoms with van der Waals surface area (Å²) in [5, 5.41) is 13.6. The topological polar surface area (TPSA) is 32.3 Å². The highest BCUT2D eigenvalue weighted by molar-refractivity contribution is 9.10. The van der Waals surface area contributed by atoms with Gasteiger partial charge in [-0.3, -0.25) is 0 Å². The molecule has 0 aromatic heterocycles. The molecule has 3 rings (SSSR count). The molecular weight excluding hydrogens is 314 g/mol. The summed E-state index contributed by atoms with van der Waals surface area (Å²) >= 11 is 3.52. The first-order chi connectivity index (χ1) is 9.65. The van der Waals surface area contributed by atoms with E-state index in [1.807, 2.05) is 12.1 Å². The Labute approximate surface area is 128 Å². The lowest BCUT2D eigenvalue weighted by Gasteiger charge is -2.21. The second kappa shape index (κ2) is 5.58. The molecule has 0 radical (unpaired) electrons. The van der Waals surface area contributed by atoms with Crippen molar-refractivity contribution in [2.45, 2.75) is 31.8 Å². The fourth-order valence-electron chi connectivity index (χ4n) is 2.98. The largest absolute Gasteiger partial charge is 0.508 e. The van der Waals surface area contributed by atoms with Gasteiger partial charge in [-0.2, -0.15) is 0 Å². The van der Waals surface area contributed by atoms with Crippen molar-refractivity contribution in [3.63, 3.8) is 0 Å². The zero-order chi connectivity index (χ0) is 14.1. The molecule has 0 amide bonds. The van der Waals surface area contributed by atoms with Crippen LogP contribution in [-0.4, -0.2) is 5.11 Å². The van der Waals surface area contributed by atoms with Gasteiger partial charge in [-0.05, 0) is 54.7 Å². The molecule has 1 unspecified atom stereocenters. The Kier molecular flexibility index (Phi) is 3.81. The Morgan fingerprint density at radius 3 is 2.85 bits per heavy atom. The SMILES string of the molecule is C[C@H](NC1CCc2c(O)cccc21)c1cccc(Br)c1. The molecule has 20 heavy (non-hydrogen) atoms. The van der Waals surface area contributed by atoms with Crippen molar-refractivity contribution in [1.29, 1.82) is 0 Å². The maximum atomic E-state index is 9.90. The molecule has 1 aliphatic rings. The van der Waals surface area contributed by atoms with Crippen LogP contribution in [0.2, 0.25) is 0 Å². The van der Waals surface area contributed by atoms with E-state index in [0.717, 1.165) is 22.9 Å². The van der Waals surface area contributed by atoms with Gasteiger partial charge in [0, 0.05) is 16.6 Å². The summed E-state index contributed by atoms with van der Waals surface area (Å²) in [5.41, 5.74) is 3.62. The van der Waals surface area contributed by atoms with Gasteiger partial charge in [-0.25, -0.2) is 0 Å². The van der Waals surface area contributed by atoms with Crippen LogP contribution in [0.1, 0.15) is 42.1 Å². The van der Waals surface area contributed by atoms with Crippen molar-refractivity contribution >= 4 is 15.9 Å². The second-order valence-electron chi connectivity index (χ2n) is 5.38.